The van der Waals surface area contributed by atoms with Gasteiger partial charge in [0.1, 0.15) is 22.8 Å². The minimum Gasteiger partial charge on any atom is -0.478 e. The molecule has 0 fully saturated rings. The van der Waals surface area contributed by atoms with Crippen molar-refractivity contribution >= 4 is 17.3 Å². The summed E-state index contributed by atoms with van der Waals surface area (Å²) in [5.41, 5.74) is 1.31. The summed E-state index contributed by atoms with van der Waals surface area (Å²) in [5.74, 6) is -1.54. The average Bonchev–Trinajstić information content (AvgIpc) is 3.08. The number of halogens is 1. The van der Waals surface area contributed by atoms with Crippen LogP contribution in [0.1, 0.15) is 10.4 Å². The van der Waals surface area contributed by atoms with Crippen molar-refractivity contribution in [1.82, 2.24) is 9.78 Å². The smallest absolute Gasteiger partial charge is 0.339 e. The van der Waals surface area contributed by atoms with Crippen molar-refractivity contribution in [2.45, 2.75) is 0 Å². The molecule has 0 unspecified atom stereocenters. The first-order chi connectivity index (χ1) is 9.66. The molecule has 1 aromatic carbocycles. The van der Waals surface area contributed by atoms with Gasteiger partial charge in [0.2, 0.25) is 0 Å². The molecule has 0 saturated carbocycles. The number of hydrogen-bond donors (Lipinski definition) is 1. The summed E-state index contributed by atoms with van der Waals surface area (Å²) in [4.78, 5) is 11.3. The number of thiophene rings is 1. The molecule has 1 N–H and O–H groups in total. The third kappa shape index (κ3) is 2.10. The topological polar surface area (TPSA) is 55.1 Å². The second-order valence-corrected chi connectivity index (χ2v) is 4.88. The van der Waals surface area contributed by atoms with E-state index in [9.17, 15) is 14.3 Å². The molecule has 20 heavy (non-hydrogen) atoms. The number of aromatic nitrogens is 2. The number of carboxylic acids is 1. The Hall–Kier alpha value is -2.47. The van der Waals surface area contributed by atoms with Gasteiger partial charge in [-0.15, -0.1) is 0 Å². The molecule has 0 saturated heterocycles. The second kappa shape index (κ2) is 4.90. The fourth-order valence-electron chi connectivity index (χ4n) is 1.90. The Labute approximate surface area is 117 Å². The van der Waals surface area contributed by atoms with Gasteiger partial charge >= 0.3 is 5.97 Å². The summed E-state index contributed by atoms with van der Waals surface area (Å²) in [6, 6.07) is 7.88. The molecule has 0 aliphatic rings. The Morgan fingerprint density at radius 1 is 1.30 bits per heavy atom. The Balaban J connectivity index is 2.18. The van der Waals surface area contributed by atoms with Gasteiger partial charge in [-0.25, -0.2) is 13.9 Å². The molecule has 0 bridgehead atoms. The first-order valence-corrected chi connectivity index (χ1v) is 6.71. The molecule has 0 radical (unpaired) electrons. The van der Waals surface area contributed by atoms with Gasteiger partial charge in [-0.05, 0) is 23.6 Å². The molecule has 0 aliphatic heterocycles. The lowest BCUT2D eigenvalue weighted by Crippen LogP contribution is -1.98. The molecule has 2 heterocycles. The standard InChI is InChI=1S/C14H9FN2O2S/c15-11-3-1-2-4-12(11)17-7-10(14(18)19)13(16-17)9-5-6-20-8-9/h1-8H,(H,18,19). The molecular weight excluding hydrogens is 279 g/mol. The molecule has 0 spiro atoms. The maximum Gasteiger partial charge on any atom is 0.339 e. The maximum absolute atomic E-state index is 13.8. The molecular formula is C14H9FN2O2S. The molecule has 3 rings (SSSR count). The Morgan fingerprint density at radius 3 is 2.75 bits per heavy atom. The SMILES string of the molecule is O=C(O)c1cn(-c2ccccc2F)nc1-c1ccsc1. The normalized spacial score (nSPS) is 10.7. The van der Waals surface area contributed by atoms with Crippen molar-refractivity contribution in [3.63, 3.8) is 0 Å². The Morgan fingerprint density at radius 2 is 2.10 bits per heavy atom. The molecule has 3 aromatic rings. The van der Waals surface area contributed by atoms with Crippen LogP contribution in [-0.2, 0) is 0 Å². The van der Waals surface area contributed by atoms with Crippen LogP contribution in [-0.4, -0.2) is 20.9 Å². The zero-order valence-electron chi connectivity index (χ0n) is 10.2. The van der Waals surface area contributed by atoms with Crippen LogP contribution in [0.5, 0.6) is 0 Å². The van der Waals surface area contributed by atoms with E-state index in [-0.39, 0.29) is 11.3 Å². The van der Waals surface area contributed by atoms with Crippen LogP contribution in [0.25, 0.3) is 16.9 Å². The van der Waals surface area contributed by atoms with Crippen molar-refractivity contribution in [2.75, 3.05) is 0 Å². The maximum atomic E-state index is 13.8. The minimum absolute atomic E-state index is 0.0478. The number of benzene rings is 1. The molecule has 6 heteroatoms. The van der Waals surface area contributed by atoms with Gasteiger partial charge in [-0.2, -0.15) is 16.4 Å². The highest BCUT2D eigenvalue weighted by Crippen LogP contribution is 2.26. The number of hydrogen-bond acceptors (Lipinski definition) is 3. The first-order valence-electron chi connectivity index (χ1n) is 5.77. The Bertz CT molecular complexity index is 765. The number of para-hydroxylation sites is 1. The summed E-state index contributed by atoms with van der Waals surface area (Å²) in [7, 11) is 0. The zero-order valence-corrected chi connectivity index (χ0v) is 11.0. The van der Waals surface area contributed by atoms with Crippen molar-refractivity contribution < 1.29 is 14.3 Å². The summed E-state index contributed by atoms with van der Waals surface area (Å²) in [5, 5.41) is 17.1. The summed E-state index contributed by atoms with van der Waals surface area (Å²) < 4.78 is 15.0. The quantitative estimate of drug-likeness (QED) is 0.803. The molecule has 0 aliphatic carbocycles. The van der Waals surface area contributed by atoms with E-state index in [2.05, 4.69) is 5.10 Å². The number of carboxylic acid groups (broad SMARTS) is 1. The third-order valence-electron chi connectivity index (χ3n) is 2.84. The van der Waals surface area contributed by atoms with E-state index in [1.807, 2.05) is 5.38 Å². The largest absolute Gasteiger partial charge is 0.478 e. The van der Waals surface area contributed by atoms with Gasteiger partial charge in [0.25, 0.3) is 0 Å². The average molecular weight is 288 g/mol. The lowest BCUT2D eigenvalue weighted by molar-refractivity contribution is 0.0697. The van der Waals surface area contributed by atoms with E-state index in [0.717, 1.165) is 0 Å². The zero-order chi connectivity index (χ0) is 14.1. The highest BCUT2D eigenvalue weighted by atomic mass is 32.1. The summed E-state index contributed by atoms with van der Waals surface area (Å²) >= 11 is 1.45. The number of nitrogens with zero attached hydrogens (tertiary/aromatic N) is 2. The van der Waals surface area contributed by atoms with E-state index < -0.39 is 11.8 Å². The van der Waals surface area contributed by atoms with Crippen LogP contribution in [0.4, 0.5) is 4.39 Å². The van der Waals surface area contributed by atoms with Gasteiger partial charge in [-0.3, -0.25) is 0 Å². The van der Waals surface area contributed by atoms with Gasteiger partial charge in [0.15, 0.2) is 0 Å². The van der Waals surface area contributed by atoms with Gasteiger partial charge in [0, 0.05) is 17.1 Å². The summed E-state index contributed by atoms with van der Waals surface area (Å²) in [6.45, 7) is 0. The van der Waals surface area contributed by atoms with E-state index in [1.165, 1.54) is 28.3 Å². The second-order valence-electron chi connectivity index (χ2n) is 4.10. The van der Waals surface area contributed by atoms with Gasteiger partial charge in [-0.1, -0.05) is 12.1 Å². The lowest BCUT2D eigenvalue weighted by Gasteiger charge is -2.01. The van der Waals surface area contributed by atoms with Crippen molar-refractivity contribution in [2.24, 2.45) is 0 Å². The van der Waals surface area contributed by atoms with Crippen LogP contribution in [0, 0.1) is 5.82 Å². The Kier molecular flexibility index (Phi) is 3.08. The van der Waals surface area contributed by atoms with Gasteiger partial charge < -0.3 is 5.11 Å². The van der Waals surface area contributed by atoms with Crippen LogP contribution >= 0.6 is 11.3 Å². The highest BCUT2D eigenvalue weighted by Gasteiger charge is 2.19. The van der Waals surface area contributed by atoms with Crippen LogP contribution in [0.3, 0.4) is 0 Å². The first kappa shape index (κ1) is 12.6. The molecule has 0 amide bonds. The fourth-order valence-corrected chi connectivity index (χ4v) is 2.54. The van der Waals surface area contributed by atoms with E-state index in [4.69, 9.17) is 0 Å². The van der Waals surface area contributed by atoms with Crippen LogP contribution in [0.2, 0.25) is 0 Å². The third-order valence-corrected chi connectivity index (χ3v) is 3.52. The minimum atomic E-state index is -1.09. The molecule has 100 valence electrons. The fraction of sp³-hybridized carbons (Fsp3) is 0. The molecule has 4 nitrogen and oxygen atoms in total. The predicted molar refractivity (Wildman–Crippen MR) is 73.8 cm³/mol. The molecule has 0 atom stereocenters. The molecule has 2 aromatic heterocycles. The van der Waals surface area contributed by atoms with E-state index in [0.29, 0.717) is 11.3 Å². The van der Waals surface area contributed by atoms with Gasteiger partial charge in [0.05, 0.1) is 0 Å². The van der Waals surface area contributed by atoms with Crippen molar-refractivity contribution in [3.05, 3.63) is 58.7 Å². The van der Waals surface area contributed by atoms with E-state index >= 15 is 0 Å². The number of aromatic carboxylic acids is 1. The monoisotopic (exact) mass is 288 g/mol. The van der Waals surface area contributed by atoms with Crippen molar-refractivity contribution in [1.29, 1.82) is 0 Å². The van der Waals surface area contributed by atoms with Crippen LogP contribution in [0.15, 0.2) is 47.3 Å². The van der Waals surface area contributed by atoms with Crippen molar-refractivity contribution in [3.8, 4) is 16.9 Å². The summed E-state index contributed by atoms with van der Waals surface area (Å²) in [6.07, 6.45) is 1.33. The number of carbonyl (C=O) groups is 1. The van der Waals surface area contributed by atoms with E-state index in [1.54, 1.807) is 29.6 Å². The highest BCUT2D eigenvalue weighted by molar-refractivity contribution is 7.08. The predicted octanol–water partition coefficient (Wildman–Crippen LogP) is 3.44. The van der Waals surface area contributed by atoms with Crippen LogP contribution < -0.4 is 0 Å². The lowest BCUT2D eigenvalue weighted by atomic mass is 10.1. The number of rotatable bonds is 3.